The van der Waals surface area contributed by atoms with Crippen LogP contribution in [0.1, 0.15) is 58.8 Å². The average Bonchev–Trinajstić information content (AvgIpc) is 2.28. The first-order valence-corrected chi connectivity index (χ1v) is 6.70. The number of carbonyl (C=O) groups excluding carboxylic acids is 2. The van der Waals surface area contributed by atoms with Gasteiger partial charge in [0.1, 0.15) is 5.92 Å². The maximum Gasteiger partial charge on any atom is 0.232 e. The summed E-state index contributed by atoms with van der Waals surface area (Å²) < 4.78 is 0. The van der Waals surface area contributed by atoms with Gasteiger partial charge in [0.05, 0.1) is 0 Å². The minimum absolute atomic E-state index is 0.228. The Hall–Kier alpha value is -1.06. The van der Waals surface area contributed by atoms with Gasteiger partial charge in [-0.3, -0.25) is 9.59 Å². The van der Waals surface area contributed by atoms with E-state index in [0.29, 0.717) is 13.0 Å². The number of hydrogen-bond acceptors (Lipinski definition) is 2. The molecule has 4 heteroatoms. The molecule has 0 fully saturated rings. The Morgan fingerprint density at radius 2 is 1.65 bits per heavy atom. The molecule has 0 aromatic rings. The van der Waals surface area contributed by atoms with Gasteiger partial charge in [0.2, 0.25) is 11.8 Å². The highest BCUT2D eigenvalue weighted by Crippen LogP contribution is 2.05. The molecule has 1 unspecified atom stereocenters. The van der Waals surface area contributed by atoms with E-state index in [1.54, 1.807) is 6.92 Å². The number of rotatable bonds is 10. The number of amides is 2. The van der Waals surface area contributed by atoms with Crippen LogP contribution < -0.4 is 11.1 Å². The van der Waals surface area contributed by atoms with Crippen molar-refractivity contribution in [2.45, 2.75) is 58.8 Å². The zero-order valence-corrected chi connectivity index (χ0v) is 11.1. The summed E-state index contributed by atoms with van der Waals surface area (Å²) >= 11 is 0. The smallest absolute Gasteiger partial charge is 0.232 e. The van der Waals surface area contributed by atoms with E-state index in [4.69, 9.17) is 5.73 Å². The van der Waals surface area contributed by atoms with Gasteiger partial charge >= 0.3 is 0 Å². The summed E-state index contributed by atoms with van der Waals surface area (Å²) in [5, 5.41) is 2.77. The van der Waals surface area contributed by atoms with Gasteiger partial charge in [-0.15, -0.1) is 0 Å². The van der Waals surface area contributed by atoms with Crippen molar-refractivity contribution in [3.05, 3.63) is 0 Å². The van der Waals surface area contributed by atoms with E-state index in [9.17, 15) is 9.59 Å². The summed E-state index contributed by atoms with van der Waals surface area (Å²) in [5.74, 6) is -1.43. The molecule has 0 aliphatic carbocycles. The molecule has 3 N–H and O–H groups in total. The van der Waals surface area contributed by atoms with Gasteiger partial charge < -0.3 is 11.1 Å². The lowest BCUT2D eigenvalue weighted by molar-refractivity contribution is -0.133. The highest BCUT2D eigenvalue weighted by Gasteiger charge is 2.21. The van der Waals surface area contributed by atoms with Crippen LogP contribution in [0.2, 0.25) is 0 Å². The highest BCUT2D eigenvalue weighted by molar-refractivity contribution is 5.99. The van der Waals surface area contributed by atoms with Crippen molar-refractivity contribution in [3.8, 4) is 0 Å². The Balaban J connectivity index is 3.53. The van der Waals surface area contributed by atoms with Crippen molar-refractivity contribution >= 4 is 11.8 Å². The molecule has 0 aliphatic heterocycles. The third kappa shape index (κ3) is 7.77. The van der Waals surface area contributed by atoms with Crippen LogP contribution in [0.5, 0.6) is 0 Å². The van der Waals surface area contributed by atoms with E-state index in [1.165, 1.54) is 25.7 Å². The van der Waals surface area contributed by atoms with Crippen molar-refractivity contribution in [1.82, 2.24) is 5.32 Å². The van der Waals surface area contributed by atoms with E-state index in [1.807, 2.05) is 0 Å². The molecule has 0 aliphatic rings. The SMILES string of the molecule is CCCCCCCCNC(=O)C(CC)C(N)=O. The molecule has 0 saturated heterocycles. The van der Waals surface area contributed by atoms with Crippen LogP contribution >= 0.6 is 0 Å². The van der Waals surface area contributed by atoms with Crippen molar-refractivity contribution in [3.63, 3.8) is 0 Å². The lowest BCUT2D eigenvalue weighted by Gasteiger charge is -2.11. The topological polar surface area (TPSA) is 72.2 Å². The van der Waals surface area contributed by atoms with Crippen LogP contribution in [0, 0.1) is 5.92 Å². The molecule has 0 heterocycles. The van der Waals surface area contributed by atoms with Gasteiger partial charge in [-0.2, -0.15) is 0 Å². The zero-order valence-electron chi connectivity index (χ0n) is 11.1. The Bertz CT molecular complexity index is 229. The quantitative estimate of drug-likeness (QED) is 0.454. The molecule has 1 atom stereocenters. The minimum Gasteiger partial charge on any atom is -0.369 e. The largest absolute Gasteiger partial charge is 0.369 e. The third-order valence-electron chi connectivity index (χ3n) is 2.90. The second kappa shape index (κ2) is 10.1. The molecule has 0 saturated carbocycles. The summed E-state index contributed by atoms with van der Waals surface area (Å²) in [6.07, 6.45) is 7.59. The molecule has 0 spiro atoms. The van der Waals surface area contributed by atoms with Gasteiger partial charge in [0, 0.05) is 6.54 Å². The lowest BCUT2D eigenvalue weighted by atomic mass is 10.1. The lowest BCUT2D eigenvalue weighted by Crippen LogP contribution is -2.38. The molecular formula is C13H26N2O2. The first kappa shape index (κ1) is 15.9. The van der Waals surface area contributed by atoms with Crippen molar-refractivity contribution in [2.75, 3.05) is 6.54 Å². The first-order valence-electron chi connectivity index (χ1n) is 6.70. The number of primary amides is 1. The van der Waals surface area contributed by atoms with E-state index in [0.717, 1.165) is 12.8 Å². The predicted octanol–water partition coefficient (Wildman–Crippen LogP) is 1.97. The van der Waals surface area contributed by atoms with Crippen molar-refractivity contribution in [1.29, 1.82) is 0 Å². The maximum absolute atomic E-state index is 11.5. The van der Waals surface area contributed by atoms with Gasteiger partial charge in [-0.25, -0.2) is 0 Å². The third-order valence-corrected chi connectivity index (χ3v) is 2.90. The number of carbonyl (C=O) groups is 2. The van der Waals surface area contributed by atoms with Gasteiger partial charge in [-0.05, 0) is 12.8 Å². The van der Waals surface area contributed by atoms with E-state index >= 15 is 0 Å². The summed E-state index contributed by atoms with van der Waals surface area (Å²) in [6, 6.07) is 0. The van der Waals surface area contributed by atoms with Gasteiger partial charge in [0.25, 0.3) is 0 Å². The minimum atomic E-state index is -0.671. The van der Waals surface area contributed by atoms with E-state index in [-0.39, 0.29) is 5.91 Å². The van der Waals surface area contributed by atoms with Crippen LogP contribution in [0.4, 0.5) is 0 Å². The Labute approximate surface area is 104 Å². The van der Waals surface area contributed by atoms with Crippen LogP contribution in [-0.2, 0) is 9.59 Å². The number of nitrogens with two attached hydrogens (primary N) is 1. The Morgan fingerprint density at radius 1 is 1.06 bits per heavy atom. The predicted molar refractivity (Wildman–Crippen MR) is 69.4 cm³/mol. The fourth-order valence-electron chi connectivity index (χ4n) is 1.76. The zero-order chi connectivity index (χ0) is 13.1. The van der Waals surface area contributed by atoms with E-state index < -0.39 is 11.8 Å². The molecule has 0 bridgehead atoms. The maximum atomic E-state index is 11.5. The molecule has 0 radical (unpaired) electrons. The molecule has 0 aromatic heterocycles. The fraction of sp³-hybridized carbons (Fsp3) is 0.846. The summed E-state index contributed by atoms with van der Waals surface area (Å²) in [5.41, 5.74) is 5.13. The van der Waals surface area contributed by atoms with Gasteiger partial charge in [-0.1, -0.05) is 46.0 Å². The van der Waals surface area contributed by atoms with E-state index in [2.05, 4.69) is 12.2 Å². The molecular weight excluding hydrogens is 216 g/mol. The average molecular weight is 242 g/mol. The second-order valence-corrected chi connectivity index (χ2v) is 4.42. The Kier molecular flexibility index (Phi) is 9.49. The molecule has 100 valence electrons. The normalized spacial score (nSPS) is 12.1. The van der Waals surface area contributed by atoms with Crippen molar-refractivity contribution < 1.29 is 9.59 Å². The fourth-order valence-corrected chi connectivity index (χ4v) is 1.76. The number of nitrogens with one attached hydrogen (secondary N) is 1. The monoisotopic (exact) mass is 242 g/mol. The molecule has 4 nitrogen and oxygen atoms in total. The second-order valence-electron chi connectivity index (χ2n) is 4.42. The van der Waals surface area contributed by atoms with Crippen LogP contribution in [0.15, 0.2) is 0 Å². The summed E-state index contributed by atoms with van der Waals surface area (Å²) in [6.45, 7) is 4.63. The summed E-state index contributed by atoms with van der Waals surface area (Å²) in [4.78, 5) is 22.5. The molecule has 17 heavy (non-hydrogen) atoms. The highest BCUT2D eigenvalue weighted by atomic mass is 16.2. The van der Waals surface area contributed by atoms with Gasteiger partial charge in [0.15, 0.2) is 0 Å². The summed E-state index contributed by atoms with van der Waals surface area (Å²) in [7, 11) is 0. The molecule has 0 rings (SSSR count). The van der Waals surface area contributed by atoms with Crippen LogP contribution in [0.3, 0.4) is 0 Å². The Morgan fingerprint density at radius 3 is 2.18 bits per heavy atom. The molecule has 2 amide bonds. The number of hydrogen-bond donors (Lipinski definition) is 2. The number of unbranched alkanes of at least 4 members (excludes halogenated alkanes) is 5. The van der Waals surface area contributed by atoms with Crippen LogP contribution in [-0.4, -0.2) is 18.4 Å². The van der Waals surface area contributed by atoms with Crippen LogP contribution in [0.25, 0.3) is 0 Å². The molecule has 0 aromatic carbocycles. The van der Waals surface area contributed by atoms with Crippen molar-refractivity contribution in [2.24, 2.45) is 11.7 Å². The first-order chi connectivity index (χ1) is 8.13. The standard InChI is InChI=1S/C13H26N2O2/c1-3-5-6-7-8-9-10-15-13(17)11(4-2)12(14)16/h11H,3-10H2,1-2H3,(H2,14,16)(H,15,17).